The lowest BCUT2D eigenvalue weighted by molar-refractivity contribution is -0.667. The van der Waals surface area contributed by atoms with Crippen LogP contribution < -0.4 is 4.57 Å². The SMILES string of the molecule is [2H]C([2H])([2H])c1c(C([2H])([2H])C(C)C)cc(-c2c(C)ccc3oc4c(C#N)cccc4c23)[n+](C)c1C. The molecule has 0 fully saturated rings. The first kappa shape index (κ1) is 14.0. The van der Waals surface area contributed by atoms with Crippen LogP contribution in [0.2, 0.25) is 0 Å². The highest BCUT2D eigenvalue weighted by atomic mass is 16.3. The van der Waals surface area contributed by atoms with Crippen LogP contribution in [0.4, 0.5) is 0 Å². The number of hydrogen-bond acceptors (Lipinski definition) is 2. The maximum atomic E-state index is 9.56. The molecule has 2 aromatic heterocycles. The highest BCUT2D eigenvalue weighted by Crippen LogP contribution is 2.39. The largest absolute Gasteiger partial charge is 0.455 e. The number of rotatable bonds is 3. The van der Waals surface area contributed by atoms with Gasteiger partial charge in [-0.1, -0.05) is 32.0 Å². The molecule has 29 heavy (non-hydrogen) atoms. The van der Waals surface area contributed by atoms with E-state index in [4.69, 9.17) is 11.3 Å². The number of furan rings is 1. The summed E-state index contributed by atoms with van der Waals surface area (Å²) in [5.74, 6) is -0.432. The Morgan fingerprint density at radius 2 is 2.03 bits per heavy atom. The molecule has 0 saturated heterocycles. The van der Waals surface area contributed by atoms with Gasteiger partial charge in [-0.05, 0) is 49.3 Å². The van der Waals surface area contributed by atoms with Crippen LogP contribution in [0.5, 0.6) is 0 Å². The summed E-state index contributed by atoms with van der Waals surface area (Å²) in [7, 11) is 1.80. The fourth-order valence-electron chi connectivity index (χ4n) is 3.93. The number of nitriles is 1. The van der Waals surface area contributed by atoms with Crippen LogP contribution >= 0.6 is 0 Å². The Labute approximate surface area is 179 Å². The number of nitrogens with zero attached hydrogens (tertiary/aromatic N) is 2. The number of benzene rings is 2. The molecule has 0 unspecified atom stereocenters. The minimum Gasteiger partial charge on any atom is -0.455 e. The quantitative estimate of drug-likeness (QED) is 0.399. The first-order valence-corrected chi connectivity index (χ1v) is 9.70. The molecule has 4 rings (SSSR count). The number of fused-ring (bicyclic) bond motifs is 3. The molecule has 0 amide bonds. The maximum Gasteiger partial charge on any atom is 0.213 e. The van der Waals surface area contributed by atoms with Gasteiger partial charge in [0.15, 0.2) is 11.3 Å². The van der Waals surface area contributed by atoms with Crippen LogP contribution in [0.25, 0.3) is 33.2 Å². The minimum atomic E-state index is -2.47. The van der Waals surface area contributed by atoms with Gasteiger partial charge in [-0.25, -0.2) is 0 Å². The predicted molar refractivity (Wildman–Crippen MR) is 118 cm³/mol. The molecule has 0 N–H and O–H groups in total. The third-order valence-electron chi connectivity index (χ3n) is 5.47. The van der Waals surface area contributed by atoms with E-state index in [1.807, 2.05) is 35.8 Å². The minimum absolute atomic E-state index is 0.0473. The summed E-state index contributed by atoms with van der Waals surface area (Å²) in [6.45, 7) is 4.73. The normalized spacial score (nSPS) is 15.0. The van der Waals surface area contributed by atoms with Crippen LogP contribution in [0.15, 0.2) is 40.8 Å². The number of aromatic nitrogens is 1. The van der Waals surface area contributed by atoms with Gasteiger partial charge in [0.05, 0.1) is 11.1 Å². The molecule has 3 heteroatoms. The molecule has 2 heterocycles. The lowest BCUT2D eigenvalue weighted by atomic mass is 9.92. The number of aryl methyl sites for hydroxylation is 1. The molecule has 0 saturated carbocycles. The summed E-state index contributed by atoms with van der Waals surface area (Å²) < 4.78 is 49.9. The Morgan fingerprint density at radius 3 is 2.72 bits per heavy atom. The van der Waals surface area contributed by atoms with Gasteiger partial charge < -0.3 is 4.42 Å². The molecular weight excluding hydrogens is 356 g/mol. The fourth-order valence-corrected chi connectivity index (χ4v) is 3.93. The van der Waals surface area contributed by atoms with Gasteiger partial charge in [-0.15, -0.1) is 0 Å². The number of pyridine rings is 1. The molecule has 3 nitrogen and oxygen atoms in total. The standard InChI is InChI=1S/C26H27N2O/c1-15(2)12-20-13-22(28(6)18(5)17(20)4)24-16(3)10-11-23-25(24)21-9-7-8-19(14-27)26(21)29-23/h7-11,13,15H,12H2,1-6H3/q+1/i4D3,12D2. The average molecular weight is 389 g/mol. The van der Waals surface area contributed by atoms with Crippen molar-refractivity contribution >= 4 is 21.9 Å². The molecule has 146 valence electrons. The van der Waals surface area contributed by atoms with E-state index in [2.05, 4.69) is 6.07 Å². The third-order valence-corrected chi connectivity index (χ3v) is 5.47. The van der Waals surface area contributed by atoms with E-state index in [0.29, 0.717) is 28.1 Å². The van der Waals surface area contributed by atoms with Gasteiger partial charge in [0.25, 0.3) is 0 Å². The van der Waals surface area contributed by atoms with Crippen molar-refractivity contribution in [2.45, 2.75) is 40.9 Å². The van der Waals surface area contributed by atoms with E-state index in [9.17, 15) is 5.26 Å². The topological polar surface area (TPSA) is 40.8 Å². The zero-order chi connectivity index (χ0) is 25.2. The first-order chi connectivity index (χ1) is 15.8. The first-order valence-electron chi connectivity index (χ1n) is 12.2. The maximum absolute atomic E-state index is 9.56. The van der Waals surface area contributed by atoms with E-state index in [-0.39, 0.29) is 11.1 Å². The lowest BCUT2D eigenvalue weighted by Crippen LogP contribution is -2.36. The molecule has 0 aliphatic heterocycles. The summed E-state index contributed by atoms with van der Waals surface area (Å²) in [6, 6.07) is 13.1. The average Bonchev–Trinajstić information content (AvgIpc) is 3.13. The third kappa shape index (κ3) is 3.00. The fraction of sp³-hybridized carbons (Fsp3) is 0.308. The Morgan fingerprint density at radius 1 is 1.24 bits per heavy atom. The smallest absolute Gasteiger partial charge is 0.213 e. The van der Waals surface area contributed by atoms with E-state index in [0.717, 1.165) is 21.9 Å². The molecule has 0 aliphatic rings. The Balaban J connectivity index is 2.20. The summed E-state index contributed by atoms with van der Waals surface area (Å²) in [5.41, 5.74) is 4.72. The second-order valence-corrected chi connectivity index (χ2v) is 7.79. The van der Waals surface area contributed by atoms with E-state index < -0.39 is 19.1 Å². The Kier molecular flexibility index (Phi) is 3.39. The van der Waals surface area contributed by atoms with Crippen molar-refractivity contribution in [3.8, 4) is 17.3 Å². The number of hydrogen-bond donors (Lipinski definition) is 0. The van der Waals surface area contributed by atoms with Crippen LogP contribution in [0.3, 0.4) is 0 Å². The van der Waals surface area contributed by atoms with E-state index in [1.165, 1.54) is 0 Å². The molecule has 0 spiro atoms. The van der Waals surface area contributed by atoms with Crippen molar-refractivity contribution in [1.82, 2.24) is 0 Å². The van der Waals surface area contributed by atoms with Crippen molar-refractivity contribution in [2.75, 3.05) is 0 Å². The van der Waals surface area contributed by atoms with Crippen LogP contribution in [-0.2, 0) is 13.4 Å². The van der Waals surface area contributed by atoms with E-state index >= 15 is 0 Å². The Hall–Kier alpha value is -3.12. The van der Waals surface area contributed by atoms with Crippen LogP contribution in [0, 0.1) is 37.9 Å². The van der Waals surface area contributed by atoms with Crippen molar-refractivity contribution in [3.05, 3.63) is 64.3 Å². The van der Waals surface area contributed by atoms with Crippen molar-refractivity contribution < 1.29 is 15.8 Å². The molecule has 2 aromatic carbocycles. The van der Waals surface area contributed by atoms with Crippen molar-refractivity contribution in [1.29, 1.82) is 5.26 Å². The molecule has 0 bridgehead atoms. The van der Waals surface area contributed by atoms with Gasteiger partial charge in [0.1, 0.15) is 18.7 Å². The predicted octanol–water partition coefficient (Wildman–Crippen LogP) is 6.07. The van der Waals surface area contributed by atoms with E-state index in [1.54, 1.807) is 40.0 Å². The second kappa shape index (κ2) is 7.04. The summed E-state index contributed by atoms with van der Waals surface area (Å²) in [4.78, 5) is 0. The molecule has 0 atom stereocenters. The summed E-state index contributed by atoms with van der Waals surface area (Å²) in [6.07, 6.45) is -1.86. The van der Waals surface area contributed by atoms with Gasteiger partial charge in [-0.2, -0.15) is 9.83 Å². The Bertz CT molecular complexity index is 1490. The van der Waals surface area contributed by atoms with Crippen LogP contribution in [0.1, 0.15) is 48.6 Å². The van der Waals surface area contributed by atoms with Gasteiger partial charge >= 0.3 is 0 Å². The highest BCUT2D eigenvalue weighted by molar-refractivity contribution is 6.13. The van der Waals surface area contributed by atoms with Crippen LogP contribution in [-0.4, -0.2) is 0 Å². The monoisotopic (exact) mass is 388 g/mol. The number of para-hydroxylation sites is 1. The molecular formula is C26H27N2O+. The summed E-state index contributed by atoms with van der Waals surface area (Å²) >= 11 is 0. The zero-order valence-corrected chi connectivity index (χ0v) is 17.3. The lowest BCUT2D eigenvalue weighted by Gasteiger charge is -2.14. The van der Waals surface area contributed by atoms with Gasteiger partial charge in [0, 0.05) is 36.2 Å². The molecule has 4 aromatic rings. The van der Waals surface area contributed by atoms with Gasteiger partial charge in [0.2, 0.25) is 5.69 Å². The van der Waals surface area contributed by atoms with Gasteiger partial charge in [-0.3, -0.25) is 0 Å². The van der Waals surface area contributed by atoms with Crippen molar-refractivity contribution in [2.24, 2.45) is 13.0 Å². The highest BCUT2D eigenvalue weighted by Gasteiger charge is 2.25. The molecule has 0 aliphatic carbocycles. The second-order valence-electron chi connectivity index (χ2n) is 7.79. The van der Waals surface area contributed by atoms with Crippen molar-refractivity contribution in [3.63, 3.8) is 0 Å². The molecule has 0 radical (unpaired) electrons. The summed E-state index contributed by atoms with van der Waals surface area (Å²) in [5, 5.41) is 11.2. The zero-order valence-electron chi connectivity index (χ0n) is 22.3.